The van der Waals surface area contributed by atoms with Crippen LogP contribution in [0.5, 0.6) is 0 Å². The molecule has 0 N–H and O–H groups in total. The topological polar surface area (TPSA) is 35.0 Å². The van der Waals surface area contributed by atoms with Gasteiger partial charge in [0.05, 0.1) is 0 Å². The first-order chi connectivity index (χ1) is 5.64. The van der Waals surface area contributed by atoms with Crippen LogP contribution in [0, 0.1) is 10.8 Å². The van der Waals surface area contributed by atoms with Gasteiger partial charge < -0.3 is 5.26 Å². The molecule has 78 valence electrons. The van der Waals surface area contributed by atoms with E-state index in [-0.39, 0.29) is 23.0 Å². The molecule has 0 spiro atoms. The maximum atomic E-state index is 11.1. The van der Waals surface area contributed by atoms with E-state index in [9.17, 15) is 5.26 Å². The van der Waals surface area contributed by atoms with E-state index in [0.29, 0.717) is 0 Å². The molecule has 0 bridgehead atoms. The molecular formula is C10H20O3. The minimum atomic E-state index is -0.104. The Labute approximate surface area is 80.2 Å². The van der Waals surface area contributed by atoms with E-state index in [4.69, 9.17) is 4.89 Å². The molecule has 1 rings (SSSR count). The quantitative estimate of drug-likeness (QED) is 0.427. The first kappa shape index (κ1) is 11.0. The Bertz CT molecular complexity index is 187. The molecule has 3 heteroatoms. The van der Waals surface area contributed by atoms with E-state index in [1.807, 2.05) is 0 Å². The summed E-state index contributed by atoms with van der Waals surface area (Å²) >= 11 is 0. The van der Waals surface area contributed by atoms with E-state index in [1.165, 1.54) is 4.67 Å². The van der Waals surface area contributed by atoms with Crippen molar-refractivity contribution in [2.75, 3.05) is 0 Å². The van der Waals surface area contributed by atoms with Gasteiger partial charge in [-0.2, -0.15) is 0 Å². The molecule has 1 heterocycles. The summed E-state index contributed by atoms with van der Waals surface area (Å²) in [5.41, 5.74) is -0.0333. The van der Waals surface area contributed by atoms with Gasteiger partial charge in [-0.1, -0.05) is 46.4 Å². The Kier molecular flexibility index (Phi) is 2.48. The first-order valence-corrected chi connectivity index (χ1v) is 4.72. The van der Waals surface area contributed by atoms with Crippen molar-refractivity contribution in [2.24, 2.45) is 10.8 Å². The normalized spacial score (nSPS) is 31.6. The van der Waals surface area contributed by atoms with Crippen LogP contribution in [-0.2, 0) is 9.56 Å². The zero-order valence-corrected chi connectivity index (χ0v) is 9.38. The number of hydrogen-bond acceptors (Lipinski definition) is 2. The highest BCUT2D eigenvalue weighted by atomic mass is 17.6. The summed E-state index contributed by atoms with van der Waals surface area (Å²) in [6.07, 6.45) is -0.0949. The SMILES string of the molecule is CC(C)(C)[C@@H]1[C@@H](C(C)(C)C)O[O+]1[O-]. The van der Waals surface area contributed by atoms with Crippen LogP contribution < -0.4 is 5.26 Å². The lowest BCUT2D eigenvalue weighted by Gasteiger charge is -2.50. The lowest BCUT2D eigenvalue weighted by molar-refractivity contribution is -0.973. The van der Waals surface area contributed by atoms with Crippen LogP contribution in [0.4, 0.5) is 0 Å². The highest BCUT2D eigenvalue weighted by Crippen LogP contribution is 2.44. The fourth-order valence-electron chi connectivity index (χ4n) is 1.60. The van der Waals surface area contributed by atoms with Crippen LogP contribution in [0.2, 0.25) is 0 Å². The molecule has 1 fully saturated rings. The Hall–Kier alpha value is -0.120. The zero-order valence-electron chi connectivity index (χ0n) is 9.38. The van der Waals surface area contributed by atoms with Gasteiger partial charge in [-0.05, 0) is 0 Å². The smallest absolute Gasteiger partial charge is 0.240 e. The van der Waals surface area contributed by atoms with Gasteiger partial charge in [0.15, 0.2) is 0 Å². The Morgan fingerprint density at radius 2 is 1.46 bits per heavy atom. The summed E-state index contributed by atoms with van der Waals surface area (Å²) in [4.78, 5) is 5.04. The van der Waals surface area contributed by atoms with Crippen molar-refractivity contribution < 1.29 is 14.8 Å². The number of rotatable bonds is 0. The molecule has 1 aliphatic heterocycles. The summed E-state index contributed by atoms with van der Waals surface area (Å²) in [5, 5.41) is 11.1. The first-order valence-electron chi connectivity index (χ1n) is 4.72. The van der Waals surface area contributed by atoms with Gasteiger partial charge >= 0.3 is 0 Å². The second-order valence-electron chi connectivity index (χ2n) is 5.93. The summed E-state index contributed by atoms with van der Waals surface area (Å²) in [6, 6.07) is 0. The molecule has 0 saturated carbocycles. The average Bonchev–Trinajstić information content (AvgIpc) is 1.75. The van der Waals surface area contributed by atoms with E-state index < -0.39 is 0 Å². The van der Waals surface area contributed by atoms with Gasteiger partial charge in [0.1, 0.15) is 0 Å². The summed E-state index contributed by atoms with van der Waals surface area (Å²) < 4.78 is 1.53. The fraction of sp³-hybridized carbons (Fsp3) is 1.00. The van der Waals surface area contributed by atoms with Gasteiger partial charge in [-0.3, -0.25) is 0 Å². The monoisotopic (exact) mass is 188 g/mol. The number of hydrogen-bond donors (Lipinski definition) is 0. The van der Waals surface area contributed by atoms with E-state index in [2.05, 4.69) is 41.5 Å². The van der Waals surface area contributed by atoms with E-state index in [0.717, 1.165) is 0 Å². The molecule has 0 aromatic heterocycles. The molecule has 13 heavy (non-hydrogen) atoms. The largest absolute Gasteiger partial charge is 0.486 e. The predicted molar refractivity (Wildman–Crippen MR) is 48.7 cm³/mol. The lowest BCUT2D eigenvalue weighted by atomic mass is 9.75. The van der Waals surface area contributed by atoms with Crippen LogP contribution in [-0.4, -0.2) is 12.2 Å². The molecule has 0 unspecified atom stereocenters. The Morgan fingerprint density at radius 1 is 1.00 bits per heavy atom. The van der Waals surface area contributed by atoms with Crippen molar-refractivity contribution in [3.63, 3.8) is 0 Å². The standard InChI is InChI=1S/C10H20O3/c1-9(2,3)7-8(10(4,5)6)13(11)12-7/h7-8H,1-6H3/t7-,8-/m0/s1. The van der Waals surface area contributed by atoms with Crippen molar-refractivity contribution >= 4 is 0 Å². The maximum Gasteiger partial charge on any atom is 0.240 e. The molecule has 0 aromatic carbocycles. The van der Waals surface area contributed by atoms with Gasteiger partial charge in [-0.15, -0.1) is 0 Å². The van der Waals surface area contributed by atoms with Crippen LogP contribution in [0.3, 0.4) is 0 Å². The van der Waals surface area contributed by atoms with Crippen molar-refractivity contribution in [1.82, 2.24) is 0 Å². The third kappa shape index (κ3) is 2.03. The van der Waals surface area contributed by atoms with Crippen LogP contribution in [0.25, 0.3) is 0 Å². The fourth-order valence-corrected chi connectivity index (χ4v) is 1.60. The van der Waals surface area contributed by atoms with Crippen LogP contribution in [0.1, 0.15) is 41.5 Å². The van der Waals surface area contributed by atoms with Gasteiger partial charge in [0.2, 0.25) is 12.2 Å². The second kappa shape index (κ2) is 2.94. The zero-order chi connectivity index (χ0) is 10.4. The van der Waals surface area contributed by atoms with Gasteiger partial charge in [0, 0.05) is 10.8 Å². The lowest BCUT2D eigenvalue weighted by Crippen LogP contribution is -2.66. The molecule has 0 aliphatic carbocycles. The Balaban J connectivity index is 2.73. The minimum Gasteiger partial charge on any atom is -0.486 e. The van der Waals surface area contributed by atoms with Crippen molar-refractivity contribution in [1.29, 1.82) is 0 Å². The van der Waals surface area contributed by atoms with E-state index in [1.54, 1.807) is 0 Å². The Morgan fingerprint density at radius 3 is 1.62 bits per heavy atom. The molecule has 0 aromatic rings. The van der Waals surface area contributed by atoms with E-state index >= 15 is 0 Å². The molecule has 3 nitrogen and oxygen atoms in total. The molecule has 1 aliphatic rings. The predicted octanol–water partition coefficient (Wildman–Crippen LogP) is 1.59. The van der Waals surface area contributed by atoms with Crippen LogP contribution in [0.15, 0.2) is 0 Å². The average molecular weight is 188 g/mol. The summed E-state index contributed by atoms with van der Waals surface area (Å²) in [5.74, 6) is 0. The van der Waals surface area contributed by atoms with Crippen LogP contribution >= 0.6 is 0 Å². The molecule has 0 radical (unpaired) electrons. The highest BCUT2D eigenvalue weighted by Gasteiger charge is 2.58. The van der Waals surface area contributed by atoms with Crippen molar-refractivity contribution in [3.05, 3.63) is 0 Å². The maximum absolute atomic E-state index is 11.1. The summed E-state index contributed by atoms with van der Waals surface area (Å²) in [7, 11) is 0. The molecule has 0 amide bonds. The molecule has 1 saturated heterocycles. The molecular weight excluding hydrogens is 168 g/mol. The minimum absolute atomic E-state index is 0.00926. The van der Waals surface area contributed by atoms with Crippen molar-refractivity contribution in [3.8, 4) is 0 Å². The van der Waals surface area contributed by atoms with Gasteiger partial charge in [0.25, 0.3) is 0 Å². The molecule has 2 atom stereocenters. The third-order valence-corrected chi connectivity index (χ3v) is 2.39. The van der Waals surface area contributed by atoms with Gasteiger partial charge in [-0.25, -0.2) is 4.67 Å². The summed E-state index contributed by atoms with van der Waals surface area (Å²) in [6.45, 7) is 12.4. The second-order valence-corrected chi connectivity index (χ2v) is 5.93. The third-order valence-electron chi connectivity index (χ3n) is 2.39. The van der Waals surface area contributed by atoms with Crippen molar-refractivity contribution in [2.45, 2.75) is 53.8 Å². The highest BCUT2D eigenvalue weighted by molar-refractivity contribution is 4.92.